The number of aliphatic hydroxyl groups excluding tert-OH is 1. The summed E-state index contributed by atoms with van der Waals surface area (Å²) in [7, 11) is 0. The average Bonchev–Trinajstić information content (AvgIpc) is 2.50. The fourth-order valence-corrected chi connectivity index (χ4v) is 2.68. The van der Waals surface area contributed by atoms with Gasteiger partial charge in [0.1, 0.15) is 0 Å². The Balaban J connectivity index is 2.00. The minimum Gasteiger partial charge on any atom is -0.396 e. The highest BCUT2D eigenvalue weighted by Crippen LogP contribution is 2.03. The Kier molecular flexibility index (Phi) is 10.5. The van der Waals surface area contributed by atoms with Gasteiger partial charge in [0.25, 0.3) is 0 Å². The van der Waals surface area contributed by atoms with Crippen LogP contribution in [0.25, 0.3) is 0 Å². The minimum atomic E-state index is 0.161. The quantitative estimate of drug-likeness (QED) is 0.561. The molecule has 5 heteroatoms. The first-order chi connectivity index (χ1) is 10.3. The smallest absolute Gasteiger partial charge is 0.234 e. The molecule has 1 fully saturated rings. The summed E-state index contributed by atoms with van der Waals surface area (Å²) in [4.78, 5) is 16.4. The number of hydrogen-bond acceptors (Lipinski definition) is 4. The van der Waals surface area contributed by atoms with E-state index in [-0.39, 0.29) is 12.5 Å². The second kappa shape index (κ2) is 12.0. The highest BCUT2D eigenvalue weighted by Gasteiger charge is 2.18. The Hall–Kier alpha value is -0.650. The molecule has 1 rings (SSSR count). The van der Waals surface area contributed by atoms with Crippen molar-refractivity contribution in [1.29, 1.82) is 0 Å². The van der Waals surface area contributed by atoms with Crippen molar-refractivity contribution in [3.63, 3.8) is 0 Å². The Labute approximate surface area is 129 Å². The molecule has 1 aliphatic heterocycles. The molecule has 124 valence electrons. The number of rotatable bonds is 11. The van der Waals surface area contributed by atoms with Crippen LogP contribution < -0.4 is 5.32 Å². The summed E-state index contributed by atoms with van der Waals surface area (Å²) in [5, 5.41) is 11.9. The molecule has 1 heterocycles. The number of unbranched alkanes of at least 4 members (excludes halogenated alkanes) is 4. The zero-order valence-electron chi connectivity index (χ0n) is 13.6. The first-order valence-electron chi connectivity index (χ1n) is 8.58. The number of aliphatic hydroxyl groups is 1. The van der Waals surface area contributed by atoms with Crippen molar-refractivity contribution in [2.24, 2.45) is 0 Å². The van der Waals surface area contributed by atoms with E-state index in [9.17, 15) is 4.79 Å². The lowest BCUT2D eigenvalue weighted by atomic mass is 10.1. The standard InChI is InChI=1S/C16H33N3O2/c1-2-3-4-5-6-8-17-16(21)15-19-12-10-18(11-13-19)9-7-14-20/h20H,2-15H2,1H3,(H,17,21). The number of amides is 1. The third-order valence-electron chi connectivity index (χ3n) is 4.07. The van der Waals surface area contributed by atoms with Gasteiger partial charge in [-0.3, -0.25) is 9.69 Å². The highest BCUT2D eigenvalue weighted by molar-refractivity contribution is 5.77. The van der Waals surface area contributed by atoms with Gasteiger partial charge >= 0.3 is 0 Å². The zero-order valence-corrected chi connectivity index (χ0v) is 13.6. The van der Waals surface area contributed by atoms with E-state index in [0.29, 0.717) is 6.54 Å². The van der Waals surface area contributed by atoms with Crippen molar-refractivity contribution < 1.29 is 9.90 Å². The molecular weight excluding hydrogens is 266 g/mol. The van der Waals surface area contributed by atoms with Crippen molar-refractivity contribution >= 4 is 5.91 Å². The maximum atomic E-state index is 11.9. The van der Waals surface area contributed by atoms with Crippen LogP contribution in [0.5, 0.6) is 0 Å². The molecule has 5 nitrogen and oxygen atoms in total. The maximum Gasteiger partial charge on any atom is 0.234 e. The SMILES string of the molecule is CCCCCCCNC(=O)CN1CCN(CCCO)CC1. The van der Waals surface area contributed by atoms with Crippen LogP contribution in [0.3, 0.4) is 0 Å². The minimum absolute atomic E-state index is 0.161. The predicted molar refractivity (Wildman–Crippen MR) is 86.4 cm³/mol. The van der Waals surface area contributed by atoms with Crippen molar-refractivity contribution in [2.75, 3.05) is 52.4 Å². The molecule has 0 saturated carbocycles. The number of carbonyl (C=O) groups is 1. The number of hydrogen-bond donors (Lipinski definition) is 2. The van der Waals surface area contributed by atoms with Gasteiger partial charge in [0.15, 0.2) is 0 Å². The summed E-state index contributed by atoms with van der Waals surface area (Å²) in [5.74, 6) is 0.161. The third kappa shape index (κ3) is 9.06. The second-order valence-corrected chi connectivity index (χ2v) is 5.96. The van der Waals surface area contributed by atoms with Crippen LogP contribution in [0, 0.1) is 0 Å². The monoisotopic (exact) mass is 299 g/mol. The van der Waals surface area contributed by atoms with E-state index in [0.717, 1.165) is 52.1 Å². The fourth-order valence-electron chi connectivity index (χ4n) is 2.68. The van der Waals surface area contributed by atoms with E-state index in [2.05, 4.69) is 22.0 Å². The predicted octanol–water partition coefficient (Wildman–Crippen LogP) is 1.07. The topological polar surface area (TPSA) is 55.8 Å². The normalized spacial score (nSPS) is 17.0. The van der Waals surface area contributed by atoms with Crippen molar-refractivity contribution in [3.8, 4) is 0 Å². The number of nitrogens with one attached hydrogen (secondary N) is 1. The first-order valence-corrected chi connectivity index (χ1v) is 8.58. The van der Waals surface area contributed by atoms with E-state index in [4.69, 9.17) is 5.11 Å². The van der Waals surface area contributed by atoms with Crippen LogP contribution in [-0.4, -0.2) is 73.2 Å². The van der Waals surface area contributed by atoms with E-state index < -0.39 is 0 Å². The molecule has 0 spiro atoms. The van der Waals surface area contributed by atoms with E-state index in [1.165, 1.54) is 25.7 Å². The van der Waals surface area contributed by atoms with Crippen LogP contribution in [0.4, 0.5) is 0 Å². The van der Waals surface area contributed by atoms with Gasteiger partial charge in [-0.1, -0.05) is 32.6 Å². The number of nitrogens with zero attached hydrogens (tertiary/aromatic N) is 2. The van der Waals surface area contributed by atoms with Gasteiger partial charge < -0.3 is 15.3 Å². The first kappa shape index (κ1) is 18.4. The lowest BCUT2D eigenvalue weighted by Crippen LogP contribution is -2.49. The van der Waals surface area contributed by atoms with Crippen molar-refractivity contribution in [1.82, 2.24) is 15.1 Å². The summed E-state index contributed by atoms with van der Waals surface area (Å²) in [6.45, 7) is 8.71. The molecular formula is C16H33N3O2. The van der Waals surface area contributed by atoms with Crippen LogP contribution in [-0.2, 0) is 4.79 Å². The molecule has 1 amide bonds. The summed E-state index contributed by atoms with van der Waals surface area (Å²) < 4.78 is 0. The van der Waals surface area contributed by atoms with Gasteiger partial charge in [-0.25, -0.2) is 0 Å². The molecule has 0 aromatic heterocycles. The number of piperazine rings is 1. The largest absolute Gasteiger partial charge is 0.396 e. The Morgan fingerprint density at radius 1 is 1.00 bits per heavy atom. The van der Waals surface area contributed by atoms with Gasteiger partial charge in [-0.05, 0) is 12.8 Å². The fraction of sp³-hybridized carbons (Fsp3) is 0.938. The molecule has 0 aromatic carbocycles. The maximum absolute atomic E-state index is 11.9. The molecule has 0 atom stereocenters. The number of carbonyl (C=O) groups excluding carboxylic acids is 1. The third-order valence-corrected chi connectivity index (χ3v) is 4.07. The molecule has 0 radical (unpaired) electrons. The Morgan fingerprint density at radius 2 is 1.67 bits per heavy atom. The van der Waals surface area contributed by atoms with E-state index >= 15 is 0 Å². The molecule has 21 heavy (non-hydrogen) atoms. The lowest BCUT2D eigenvalue weighted by Gasteiger charge is -2.34. The van der Waals surface area contributed by atoms with Crippen LogP contribution in [0.2, 0.25) is 0 Å². The van der Waals surface area contributed by atoms with Gasteiger partial charge in [-0.2, -0.15) is 0 Å². The zero-order chi connectivity index (χ0) is 15.3. The van der Waals surface area contributed by atoms with Crippen molar-refractivity contribution in [3.05, 3.63) is 0 Å². The summed E-state index contributed by atoms with van der Waals surface area (Å²) >= 11 is 0. The van der Waals surface area contributed by atoms with Gasteiger partial charge in [0.2, 0.25) is 5.91 Å². The van der Waals surface area contributed by atoms with Crippen molar-refractivity contribution in [2.45, 2.75) is 45.4 Å². The Morgan fingerprint density at radius 3 is 2.33 bits per heavy atom. The molecule has 0 aliphatic carbocycles. The van der Waals surface area contributed by atoms with Crippen LogP contribution in [0.15, 0.2) is 0 Å². The summed E-state index contributed by atoms with van der Waals surface area (Å²) in [6.07, 6.45) is 7.00. The van der Waals surface area contributed by atoms with Gasteiger partial charge in [0, 0.05) is 45.9 Å². The second-order valence-electron chi connectivity index (χ2n) is 5.96. The molecule has 0 unspecified atom stereocenters. The van der Waals surface area contributed by atoms with E-state index in [1.54, 1.807) is 0 Å². The average molecular weight is 299 g/mol. The molecule has 0 bridgehead atoms. The molecule has 1 aliphatic rings. The summed E-state index contributed by atoms with van der Waals surface area (Å²) in [6, 6.07) is 0. The van der Waals surface area contributed by atoms with Crippen LogP contribution >= 0.6 is 0 Å². The highest BCUT2D eigenvalue weighted by atomic mass is 16.3. The molecule has 2 N–H and O–H groups in total. The Bertz CT molecular complexity index is 266. The van der Waals surface area contributed by atoms with Gasteiger partial charge in [0.05, 0.1) is 6.54 Å². The van der Waals surface area contributed by atoms with Gasteiger partial charge in [-0.15, -0.1) is 0 Å². The van der Waals surface area contributed by atoms with Crippen LogP contribution in [0.1, 0.15) is 45.4 Å². The summed E-state index contributed by atoms with van der Waals surface area (Å²) in [5.41, 5.74) is 0. The molecule has 0 aromatic rings. The van der Waals surface area contributed by atoms with E-state index in [1.807, 2.05) is 0 Å². The lowest BCUT2D eigenvalue weighted by molar-refractivity contribution is -0.122. The molecule has 1 saturated heterocycles.